The van der Waals surface area contributed by atoms with Gasteiger partial charge >= 0.3 is 0 Å². The summed E-state index contributed by atoms with van der Waals surface area (Å²) >= 11 is 0. The van der Waals surface area contributed by atoms with Crippen LogP contribution in [0.1, 0.15) is 63.8 Å². The fourth-order valence-corrected chi connectivity index (χ4v) is 3.03. The zero-order chi connectivity index (χ0) is 17.1. The molecule has 0 aliphatic carbocycles. The highest BCUT2D eigenvalue weighted by molar-refractivity contribution is 5.33. The molecule has 0 heterocycles. The van der Waals surface area contributed by atoms with E-state index in [2.05, 4.69) is 90.1 Å². The molecule has 0 unspecified atom stereocenters. The zero-order valence-electron chi connectivity index (χ0n) is 15.4. The molecule has 0 radical (unpaired) electrons. The van der Waals surface area contributed by atoms with Crippen LogP contribution >= 0.6 is 0 Å². The summed E-state index contributed by atoms with van der Waals surface area (Å²) in [5.74, 6) is 0. The van der Waals surface area contributed by atoms with E-state index in [4.69, 9.17) is 4.74 Å². The highest BCUT2D eigenvalue weighted by atomic mass is 16.5. The van der Waals surface area contributed by atoms with Crippen molar-refractivity contribution in [3.05, 3.63) is 70.8 Å². The van der Waals surface area contributed by atoms with Crippen molar-refractivity contribution < 1.29 is 4.74 Å². The van der Waals surface area contributed by atoms with E-state index in [1.54, 1.807) is 0 Å². The standard InChI is InChI=1S/C22H30O/c1-21(2,3)19-13-9-7-11-17(19)15-23-16-18-12-8-10-14-20(18)22(4,5)6/h7-14H,15-16H2,1-6H3. The topological polar surface area (TPSA) is 9.23 Å². The van der Waals surface area contributed by atoms with Crippen LogP contribution in [0.5, 0.6) is 0 Å². The van der Waals surface area contributed by atoms with Gasteiger partial charge in [0.1, 0.15) is 0 Å². The molecule has 0 aromatic heterocycles. The SMILES string of the molecule is CC(C)(C)c1ccccc1COCc1ccccc1C(C)(C)C. The third-order valence-corrected chi connectivity index (χ3v) is 4.17. The summed E-state index contributed by atoms with van der Waals surface area (Å²) in [6.07, 6.45) is 0. The van der Waals surface area contributed by atoms with Crippen LogP contribution in [-0.2, 0) is 28.8 Å². The van der Waals surface area contributed by atoms with E-state index in [0.29, 0.717) is 13.2 Å². The molecular weight excluding hydrogens is 280 g/mol. The first-order valence-corrected chi connectivity index (χ1v) is 8.44. The Morgan fingerprint density at radius 3 is 1.30 bits per heavy atom. The molecule has 0 saturated carbocycles. The maximum absolute atomic E-state index is 6.08. The van der Waals surface area contributed by atoms with Gasteiger partial charge in [0, 0.05) is 0 Å². The lowest BCUT2D eigenvalue weighted by molar-refractivity contribution is 0.105. The number of hydrogen-bond acceptors (Lipinski definition) is 1. The second-order valence-electron chi connectivity index (χ2n) is 8.31. The van der Waals surface area contributed by atoms with Crippen LogP contribution in [0.3, 0.4) is 0 Å². The van der Waals surface area contributed by atoms with Crippen LogP contribution in [0.25, 0.3) is 0 Å². The monoisotopic (exact) mass is 310 g/mol. The lowest BCUT2D eigenvalue weighted by Gasteiger charge is -2.24. The van der Waals surface area contributed by atoms with Crippen LogP contribution < -0.4 is 0 Å². The molecule has 124 valence electrons. The Morgan fingerprint density at radius 2 is 0.957 bits per heavy atom. The Kier molecular flexibility index (Phi) is 5.31. The van der Waals surface area contributed by atoms with Gasteiger partial charge in [-0.15, -0.1) is 0 Å². The van der Waals surface area contributed by atoms with Crippen LogP contribution in [0.4, 0.5) is 0 Å². The van der Waals surface area contributed by atoms with Crippen molar-refractivity contribution >= 4 is 0 Å². The van der Waals surface area contributed by atoms with Gasteiger partial charge in [-0.05, 0) is 33.1 Å². The van der Waals surface area contributed by atoms with Crippen molar-refractivity contribution in [2.45, 2.75) is 65.6 Å². The Hall–Kier alpha value is -1.60. The van der Waals surface area contributed by atoms with Crippen LogP contribution in [0.2, 0.25) is 0 Å². The second-order valence-corrected chi connectivity index (χ2v) is 8.31. The van der Waals surface area contributed by atoms with E-state index in [9.17, 15) is 0 Å². The van der Waals surface area contributed by atoms with Crippen molar-refractivity contribution in [2.75, 3.05) is 0 Å². The Morgan fingerprint density at radius 1 is 0.609 bits per heavy atom. The minimum absolute atomic E-state index is 0.142. The molecule has 0 atom stereocenters. The first kappa shape index (κ1) is 17.7. The maximum Gasteiger partial charge on any atom is 0.0724 e. The summed E-state index contributed by atoms with van der Waals surface area (Å²) in [4.78, 5) is 0. The molecule has 0 fully saturated rings. The first-order valence-electron chi connectivity index (χ1n) is 8.44. The smallest absolute Gasteiger partial charge is 0.0724 e. The van der Waals surface area contributed by atoms with E-state index in [1.165, 1.54) is 22.3 Å². The maximum atomic E-state index is 6.08. The fourth-order valence-electron chi connectivity index (χ4n) is 3.03. The molecule has 0 aliphatic rings. The molecule has 0 N–H and O–H groups in total. The molecule has 0 amide bonds. The van der Waals surface area contributed by atoms with Gasteiger partial charge < -0.3 is 4.74 Å². The molecule has 0 aliphatic heterocycles. The molecular formula is C22H30O. The number of benzene rings is 2. The van der Waals surface area contributed by atoms with Gasteiger partial charge in [0.25, 0.3) is 0 Å². The number of rotatable bonds is 4. The minimum Gasteiger partial charge on any atom is -0.372 e. The van der Waals surface area contributed by atoms with Crippen molar-refractivity contribution in [2.24, 2.45) is 0 Å². The second kappa shape index (κ2) is 6.88. The molecule has 1 nitrogen and oxygen atoms in total. The summed E-state index contributed by atoms with van der Waals surface area (Å²) in [6.45, 7) is 14.8. The minimum atomic E-state index is 0.142. The lowest BCUT2D eigenvalue weighted by Crippen LogP contribution is -2.16. The molecule has 1 heteroatoms. The largest absolute Gasteiger partial charge is 0.372 e. The number of ether oxygens (including phenoxy) is 1. The molecule has 2 rings (SSSR count). The summed E-state index contributed by atoms with van der Waals surface area (Å²) in [5, 5.41) is 0. The van der Waals surface area contributed by atoms with E-state index in [1.807, 2.05) is 0 Å². The molecule has 2 aromatic rings. The Balaban J connectivity index is 2.11. The summed E-state index contributed by atoms with van der Waals surface area (Å²) < 4.78 is 6.08. The highest BCUT2D eigenvalue weighted by Crippen LogP contribution is 2.28. The Labute approximate surface area is 141 Å². The van der Waals surface area contributed by atoms with Gasteiger partial charge in [-0.1, -0.05) is 90.1 Å². The summed E-state index contributed by atoms with van der Waals surface area (Å²) in [7, 11) is 0. The molecule has 0 spiro atoms. The fraction of sp³-hybridized carbons (Fsp3) is 0.455. The molecule has 0 saturated heterocycles. The van der Waals surface area contributed by atoms with Gasteiger partial charge in [-0.2, -0.15) is 0 Å². The molecule has 2 aromatic carbocycles. The van der Waals surface area contributed by atoms with Crippen molar-refractivity contribution in [3.8, 4) is 0 Å². The van der Waals surface area contributed by atoms with Crippen LogP contribution in [-0.4, -0.2) is 0 Å². The van der Waals surface area contributed by atoms with Gasteiger partial charge in [0.2, 0.25) is 0 Å². The zero-order valence-corrected chi connectivity index (χ0v) is 15.4. The predicted molar refractivity (Wildman–Crippen MR) is 98.8 cm³/mol. The predicted octanol–water partition coefficient (Wildman–Crippen LogP) is 6.00. The van der Waals surface area contributed by atoms with Crippen LogP contribution in [0, 0.1) is 0 Å². The van der Waals surface area contributed by atoms with E-state index in [-0.39, 0.29) is 10.8 Å². The first-order chi connectivity index (χ1) is 10.7. The third kappa shape index (κ3) is 4.68. The summed E-state index contributed by atoms with van der Waals surface area (Å²) in [5.41, 5.74) is 5.58. The van der Waals surface area contributed by atoms with Gasteiger partial charge in [-0.3, -0.25) is 0 Å². The van der Waals surface area contributed by atoms with Crippen molar-refractivity contribution in [3.63, 3.8) is 0 Å². The highest BCUT2D eigenvalue weighted by Gasteiger charge is 2.19. The normalized spacial score (nSPS) is 12.4. The van der Waals surface area contributed by atoms with Gasteiger partial charge in [0.15, 0.2) is 0 Å². The average Bonchev–Trinajstić information content (AvgIpc) is 2.46. The van der Waals surface area contributed by atoms with E-state index in [0.717, 1.165) is 0 Å². The van der Waals surface area contributed by atoms with Crippen molar-refractivity contribution in [1.82, 2.24) is 0 Å². The third-order valence-electron chi connectivity index (χ3n) is 4.17. The molecule has 23 heavy (non-hydrogen) atoms. The number of hydrogen-bond donors (Lipinski definition) is 0. The summed E-state index contributed by atoms with van der Waals surface area (Å²) in [6, 6.07) is 17.2. The van der Waals surface area contributed by atoms with Crippen molar-refractivity contribution in [1.29, 1.82) is 0 Å². The van der Waals surface area contributed by atoms with E-state index < -0.39 is 0 Å². The lowest BCUT2D eigenvalue weighted by atomic mass is 9.83. The van der Waals surface area contributed by atoms with Gasteiger partial charge in [0.05, 0.1) is 13.2 Å². The Bertz CT molecular complexity index is 584. The van der Waals surface area contributed by atoms with E-state index >= 15 is 0 Å². The van der Waals surface area contributed by atoms with Gasteiger partial charge in [-0.25, -0.2) is 0 Å². The van der Waals surface area contributed by atoms with Crippen LogP contribution in [0.15, 0.2) is 48.5 Å². The quantitative estimate of drug-likeness (QED) is 0.673. The average molecular weight is 310 g/mol. The molecule has 0 bridgehead atoms.